The second-order valence-electron chi connectivity index (χ2n) is 5.33. The Labute approximate surface area is 140 Å². The van der Waals surface area contributed by atoms with Crippen molar-refractivity contribution >= 4 is 48.2 Å². The molecule has 2 heteroatoms. The molecular weight excluding hydrogens is 388 g/mol. The van der Waals surface area contributed by atoms with Crippen molar-refractivity contribution < 1.29 is 0 Å². The maximum Gasteiger partial charge on any atom is 0.0688 e. The first-order valence-corrected chi connectivity index (χ1v) is 8.48. The summed E-state index contributed by atoms with van der Waals surface area (Å²) in [6.45, 7) is 0. The van der Waals surface area contributed by atoms with Gasteiger partial charge in [0.2, 0.25) is 0 Å². The van der Waals surface area contributed by atoms with E-state index in [-0.39, 0.29) is 0 Å². The molecule has 1 aliphatic rings. The first-order chi connectivity index (χ1) is 10.2. The Morgan fingerprint density at radius 2 is 1.38 bits per heavy atom. The van der Waals surface area contributed by atoms with Gasteiger partial charge >= 0.3 is 0 Å². The van der Waals surface area contributed by atoms with E-state index in [1.54, 1.807) is 0 Å². The van der Waals surface area contributed by atoms with E-state index in [0.29, 0.717) is 0 Å². The highest BCUT2D eigenvalue weighted by molar-refractivity contribution is 9.28. The lowest BCUT2D eigenvalue weighted by Gasteiger charge is -2.23. The topological polar surface area (TPSA) is 0 Å². The maximum atomic E-state index is 3.64. The standard InChI is InChI=1S/C19H12Br2/c20-19(21)18-16-8-4-3-7-14(16)10-15-9-12-5-1-2-6-13(12)11-17(15)18/h1-9,11H,10H2. The number of fused-ring (bicyclic) bond motifs is 3. The van der Waals surface area contributed by atoms with Crippen LogP contribution in [0.5, 0.6) is 0 Å². The van der Waals surface area contributed by atoms with Crippen LogP contribution in [0.4, 0.5) is 0 Å². The van der Waals surface area contributed by atoms with Gasteiger partial charge in [0.05, 0.1) is 3.39 Å². The van der Waals surface area contributed by atoms with E-state index in [4.69, 9.17) is 0 Å². The van der Waals surface area contributed by atoms with Crippen molar-refractivity contribution in [3.05, 3.63) is 86.3 Å². The van der Waals surface area contributed by atoms with Crippen LogP contribution < -0.4 is 0 Å². The van der Waals surface area contributed by atoms with Crippen LogP contribution in [0.1, 0.15) is 22.3 Å². The predicted octanol–water partition coefficient (Wildman–Crippen LogP) is 6.25. The highest BCUT2D eigenvalue weighted by Gasteiger charge is 2.22. The zero-order valence-electron chi connectivity index (χ0n) is 11.2. The lowest BCUT2D eigenvalue weighted by Crippen LogP contribution is -2.07. The molecule has 0 aliphatic heterocycles. The highest BCUT2D eigenvalue weighted by Crippen LogP contribution is 2.42. The molecule has 0 unspecified atom stereocenters. The summed E-state index contributed by atoms with van der Waals surface area (Å²) in [4.78, 5) is 0. The van der Waals surface area contributed by atoms with Crippen LogP contribution in [0.25, 0.3) is 16.3 Å². The number of halogens is 2. The Morgan fingerprint density at radius 1 is 0.714 bits per heavy atom. The van der Waals surface area contributed by atoms with Crippen LogP contribution in [0.15, 0.2) is 64.1 Å². The van der Waals surface area contributed by atoms with Gasteiger partial charge in [-0.15, -0.1) is 0 Å². The van der Waals surface area contributed by atoms with Gasteiger partial charge in [-0.1, -0.05) is 54.6 Å². The van der Waals surface area contributed by atoms with E-state index in [2.05, 4.69) is 92.5 Å². The molecule has 0 amide bonds. The van der Waals surface area contributed by atoms with Gasteiger partial charge in [-0.25, -0.2) is 0 Å². The molecule has 1 aliphatic carbocycles. The van der Waals surface area contributed by atoms with Gasteiger partial charge in [-0.05, 0) is 77.4 Å². The van der Waals surface area contributed by atoms with Crippen LogP contribution in [0.3, 0.4) is 0 Å². The fraction of sp³-hybridized carbons (Fsp3) is 0.0526. The molecule has 102 valence electrons. The minimum absolute atomic E-state index is 0.993. The van der Waals surface area contributed by atoms with Gasteiger partial charge in [0.25, 0.3) is 0 Å². The molecule has 3 aromatic rings. The summed E-state index contributed by atoms with van der Waals surface area (Å²) >= 11 is 7.27. The molecule has 0 fully saturated rings. The quantitative estimate of drug-likeness (QED) is 0.327. The van der Waals surface area contributed by atoms with Crippen LogP contribution >= 0.6 is 31.9 Å². The monoisotopic (exact) mass is 398 g/mol. The third-order valence-electron chi connectivity index (χ3n) is 4.10. The van der Waals surface area contributed by atoms with E-state index in [0.717, 1.165) is 9.81 Å². The largest absolute Gasteiger partial charge is 0.0688 e. The first-order valence-electron chi connectivity index (χ1n) is 6.89. The summed E-state index contributed by atoms with van der Waals surface area (Å²) in [5.74, 6) is 0. The van der Waals surface area contributed by atoms with E-state index in [1.165, 1.54) is 38.6 Å². The van der Waals surface area contributed by atoms with Crippen molar-refractivity contribution in [2.24, 2.45) is 0 Å². The van der Waals surface area contributed by atoms with Crippen molar-refractivity contribution in [2.75, 3.05) is 0 Å². The molecule has 0 nitrogen and oxygen atoms in total. The molecule has 0 aromatic heterocycles. The molecule has 4 rings (SSSR count). The zero-order chi connectivity index (χ0) is 14.4. The number of rotatable bonds is 0. The summed E-state index contributed by atoms with van der Waals surface area (Å²) in [6, 6.07) is 21.8. The summed E-state index contributed by atoms with van der Waals surface area (Å²) in [5.41, 5.74) is 6.64. The lowest BCUT2D eigenvalue weighted by molar-refractivity contribution is 1.15. The average Bonchev–Trinajstić information content (AvgIpc) is 2.50. The molecule has 0 heterocycles. The summed E-state index contributed by atoms with van der Waals surface area (Å²) in [5, 5.41) is 2.59. The Morgan fingerprint density at radius 3 is 2.14 bits per heavy atom. The molecule has 0 bridgehead atoms. The zero-order valence-corrected chi connectivity index (χ0v) is 14.4. The second kappa shape index (κ2) is 5.11. The van der Waals surface area contributed by atoms with Crippen LogP contribution in [0, 0.1) is 0 Å². The Bertz CT molecular complexity index is 887. The smallest absolute Gasteiger partial charge is 0.0619 e. The fourth-order valence-corrected chi connectivity index (χ4v) is 3.99. The molecule has 21 heavy (non-hydrogen) atoms. The fourth-order valence-electron chi connectivity index (χ4n) is 3.14. The number of hydrogen-bond acceptors (Lipinski definition) is 0. The van der Waals surface area contributed by atoms with Crippen molar-refractivity contribution in [3.8, 4) is 0 Å². The normalized spacial score (nSPS) is 13.0. The minimum atomic E-state index is 0.993. The number of benzene rings is 3. The van der Waals surface area contributed by atoms with Crippen molar-refractivity contribution in [2.45, 2.75) is 6.42 Å². The van der Waals surface area contributed by atoms with E-state index >= 15 is 0 Å². The third-order valence-corrected chi connectivity index (χ3v) is 4.89. The van der Waals surface area contributed by atoms with Crippen LogP contribution in [-0.4, -0.2) is 0 Å². The van der Waals surface area contributed by atoms with E-state index < -0.39 is 0 Å². The van der Waals surface area contributed by atoms with Crippen LogP contribution in [0.2, 0.25) is 0 Å². The first kappa shape index (κ1) is 13.3. The average molecular weight is 400 g/mol. The molecule has 3 aromatic carbocycles. The van der Waals surface area contributed by atoms with Gasteiger partial charge in [0, 0.05) is 5.57 Å². The SMILES string of the molecule is BrC(Br)=C1c2ccccc2Cc2cc3ccccc3cc21. The Balaban J connectivity index is 2.07. The predicted molar refractivity (Wildman–Crippen MR) is 97.1 cm³/mol. The summed E-state index contributed by atoms with van der Waals surface area (Å²) in [6.07, 6.45) is 0.993. The molecule has 0 spiro atoms. The van der Waals surface area contributed by atoms with Crippen molar-refractivity contribution in [3.63, 3.8) is 0 Å². The number of hydrogen-bond donors (Lipinski definition) is 0. The second-order valence-corrected chi connectivity index (χ2v) is 7.98. The van der Waals surface area contributed by atoms with E-state index in [1.807, 2.05) is 0 Å². The molecular formula is C19H12Br2. The molecule has 0 saturated carbocycles. The van der Waals surface area contributed by atoms with Gasteiger partial charge < -0.3 is 0 Å². The van der Waals surface area contributed by atoms with Gasteiger partial charge in [-0.2, -0.15) is 0 Å². The minimum Gasteiger partial charge on any atom is -0.0619 e. The van der Waals surface area contributed by atoms with Gasteiger partial charge in [0.15, 0.2) is 0 Å². The van der Waals surface area contributed by atoms with Crippen molar-refractivity contribution in [1.82, 2.24) is 0 Å². The van der Waals surface area contributed by atoms with Gasteiger partial charge in [0.1, 0.15) is 0 Å². The molecule has 0 N–H and O–H groups in total. The third kappa shape index (κ3) is 2.18. The molecule has 0 radical (unpaired) electrons. The lowest BCUT2D eigenvalue weighted by atomic mass is 9.82. The Kier molecular flexibility index (Phi) is 3.24. The van der Waals surface area contributed by atoms with Crippen molar-refractivity contribution in [1.29, 1.82) is 0 Å². The summed E-state index contributed by atoms with van der Waals surface area (Å²) in [7, 11) is 0. The molecule has 0 atom stereocenters. The highest BCUT2D eigenvalue weighted by atomic mass is 79.9. The van der Waals surface area contributed by atoms with Crippen LogP contribution in [-0.2, 0) is 6.42 Å². The van der Waals surface area contributed by atoms with Gasteiger partial charge in [-0.3, -0.25) is 0 Å². The van der Waals surface area contributed by atoms with E-state index in [9.17, 15) is 0 Å². The molecule has 0 saturated heterocycles. The maximum absolute atomic E-state index is 3.64. The summed E-state index contributed by atoms with van der Waals surface area (Å²) < 4.78 is 1.01. The Hall–Kier alpha value is -1.38.